The molecule has 0 atom stereocenters. The van der Waals surface area contributed by atoms with Gasteiger partial charge in [-0.25, -0.2) is 4.79 Å². The Morgan fingerprint density at radius 3 is 2.50 bits per heavy atom. The number of carbonyl (C=O) groups is 1. The van der Waals surface area contributed by atoms with Gasteiger partial charge in [-0.1, -0.05) is 17.7 Å². The van der Waals surface area contributed by atoms with Gasteiger partial charge in [0.2, 0.25) is 0 Å². The predicted octanol–water partition coefficient (Wildman–Crippen LogP) is 2.74. The molecule has 0 aromatic heterocycles. The molecule has 2 amide bonds. The summed E-state index contributed by atoms with van der Waals surface area (Å²) in [6.07, 6.45) is 0. The van der Waals surface area contributed by atoms with Gasteiger partial charge in [-0.3, -0.25) is 0 Å². The lowest BCUT2D eigenvalue weighted by Gasteiger charge is -2.21. The first-order valence-electron chi connectivity index (χ1n) is 6.04. The highest BCUT2D eigenvalue weighted by Gasteiger charge is 2.12. The fraction of sp³-hybridized carbons (Fsp3) is 0.500. The van der Waals surface area contributed by atoms with E-state index in [4.69, 9.17) is 4.74 Å². The minimum Gasteiger partial charge on any atom is -0.473 e. The van der Waals surface area contributed by atoms with Crippen LogP contribution in [0.1, 0.15) is 31.9 Å². The van der Waals surface area contributed by atoms with Crippen molar-refractivity contribution in [2.24, 2.45) is 0 Å². The monoisotopic (exact) mass is 250 g/mol. The van der Waals surface area contributed by atoms with Crippen LogP contribution in [-0.4, -0.2) is 18.3 Å². The Labute approximate surface area is 109 Å². The summed E-state index contributed by atoms with van der Waals surface area (Å²) in [5.74, 6) is 0.789. The van der Waals surface area contributed by atoms with E-state index in [0.29, 0.717) is 0 Å². The van der Waals surface area contributed by atoms with Gasteiger partial charge < -0.3 is 15.4 Å². The summed E-state index contributed by atoms with van der Waals surface area (Å²) in [4.78, 5) is 11.5. The lowest BCUT2D eigenvalue weighted by molar-refractivity contribution is 0.216. The quantitative estimate of drug-likeness (QED) is 0.810. The lowest BCUT2D eigenvalue weighted by atomic mass is 10.1. The molecule has 0 fully saturated rings. The van der Waals surface area contributed by atoms with E-state index >= 15 is 0 Å². The molecule has 1 aromatic carbocycles. The van der Waals surface area contributed by atoms with Gasteiger partial charge in [-0.2, -0.15) is 0 Å². The van der Waals surface area contributed by atoms with E-state index in [1.165, 1.54) is 5.56 Å². The van der Waals surface area contributed by atoms with Gasteiger partial charge in [0, 0.05) is 5.54 Å². The summed E-state index contributed by atoms with van der Waals surface area (Å²) < 4.78 is 5.50. The third-order valence-corrected chi connectivity index (χ3v) is 2.28. The van der Waals surface area contributed by atoms with E-state index in [9.17, 15) is 4.79 Å². The standard InChI is InChI=1S/C14H22N2O2/c1-10-6-7-12(11(2)8-10)18-9-15-13(17)16-14(3,4)5/h6-8H,9H2,1-5H3,(H2,15,16,17). The van der Waals surface area contributed by atoms with Gasteiger partial charge in [0.05, 0.1) is 0 Å². The van der Waals surface area contributed by atoms with Gasteiger partial charge in [0.25, 0.3) is 0 Å². The first kappa shape index (κ1) is 14.4. The molecule has 4 heteroatoms. The number of ether oxygens (including phenoxy) is 1. The van der Waals surface area contributed by atoms with Crippen LogP contribution in [-0.2, 0) is 0 Å². The first-order chi connectivity index (χ1) is 8.28. The second kappa shape index (κ2) is 5.76. The summed E-state index contributed by atoms with van der Waals surface area (Å²) in [6.45, 7) is 9.96. The van der Waals surface area contributed by atoms with Crippen LogP contribution in [0.5, 0.6) is 5.75 Å². The Hall–Kier alpha value is -1.71. The van der Waals surface area contributed by atoms with E-state index in [-0.39, 0.29) is 18.3 Å². The van der Waals surface area contributed by atoms with Crippen molar-refractivity contribution in [2.75, 3.05) is 6.73 Å². The summed E-state index contributed by atoms with van der Waals surface area (Å²) in [5, 5.41) is 5.46. The maximum absolute atomic E-state index is 11.5. The molecule has 0 aliphatic rings. The topological polar surface area (TPSA) is 50.4 Å². The molecular weight excluding hydrogens is 228 g/mol. The van der Waals surface area contributed by atoms with Crippen LogP contribution in [0.2, 0.25) is 0 Å². The summed E-state index contributed by atoms with van der Waals surface area (Å²) >= 11 is 0. The minimum atomic E-state index is -0.246. The molecule has 0 aliphatic carbocycles. The number of aryl methyl sites for hydroxylation is 2. The zero-order chi connectivity index (χ0) is 13.8. The molecule has 18 heavy (non-hydrogen) atoms. The van der Waals surface area contributed by atoms with E-state index in [1.807, 2.05) is 52.8 Å². The third kappa shape index (κ3) is 5.08. The Kier molecular flexibility index (Phi) is 4.59. The van der Waals surface area contributed by atoms with Gasteiger partial charge in [0.15, 0.2) is 6.73 Å². The van der Waals surface area contributed by atoms with Crippen molar-refractivity contribution in [3.63, 3.8) is 0 Å². The van der Waals surface area contributed by atoms with Crippen LogP contribution in [0.15, 0.2) is 18.2 Å². The largest absolute Gasteiger partial charge is 0.473 e. The maximum atomic E-state index is 11.5. The fourth-order valence-corrected chi connectivity index (χ4v) is 1.53. The summed E-state index contributed by atoms with van der Waals surface area (Å²) in [7, 11) is 0. The van der Waals surface area contributed by atoms with Gasteiger partial charge >= 0.3 is 6.03 Å². The van der Waals surface area contributed by atoms with Crippen LogP contribution in [0.4, 0.5) is 4.79 Å². The predicted molar refractivity (Wildman–Crippen MR) is 72.8 cm³/mol. The van der Waals surface area contributed by atoms with Gasteiger partial charge in [-0.15, -0.1) is 0 Å². The highest BCUT2D eigenvalue weighted by Crippen LogP contribution is 2.18. The number of hydrogen-bond acceptors (Lipinski definition) is 2. The SMILES string of the molecule is Cc1ccc(OCNC(=O)NC(C)(C)C)c(C)c1. The van der Waals surface area contributed by atoms with Crippen molar-refractivity contribution in [3.05, 3.63) is 29.3 Å². The van der Waals surface area contributed by atoms with Crippen LogP contribution in [0, 0.1) is 13.8 Å². The molecule has 0 saturated heterocycles. The molecule has 100 valence electrons. The van der Waals surface area contributed by atoms with Crippen molar-refractivity contribution in [1.82, 2.24) is 10.6 Å². The Balaban J connectivity index is 2.40. The smallest absolute Gasteiger partial charge is 0.317 e. The molecule has 0 unspecified atom stereocenters. The molecule has 2 N–H and O–H groups in total. The molecule has 0 radical (unpaired) electrons. The van der Waals surface area contributed by atoms with Gasteiger partial charge in [0.1, 0.15) is 5.75 Å². The summed E-state index contributed by atoms with van der Waals surface area (Å²) in [5.41, 5.74) is 2.01. The van der Waals surface area contributed by atoms with Gasteiger partial charge in [-0.05, 0) is 46.2 Å². The van der Waals surface area contributed by atoms with Crippen molar-refractivity contribution >= 4 is 6.03 Å². The number of rotatable bonds is 3. The number of benzene rings is 1. The average molecular weight is 250 g/mol. The normalized spacial score (nSPS) is 10.9. The van der Waals surface area contributed by atoms with E-state index in [0.717, 1.165) is 11.3 Å². The highest BCUT2D eigenvalue weighted by molar-refractivity contribution is 5.74. The zero-order valence-electron chi connectivity index (χ0n) is 11.8. The number of carbonyl (C=O) groups excluding carboxylic acids is 1. The van der Waals surface area contributed by atoms with Crippen molar-refractivity contribution < 1.29 is 9.53 Å². The number of nitrogens with one attached hydrogen (secondary N) is 2. The molecule has 1 aromatic rings. The Morgan fingerprint density at radius 1 is 1.28 bits per heavy atom. The Morgan fingerprint density at radius 2 is 1.94 bits per heavy atom. The second-order valence-corrected chi connectivity index (χ2v) is 5.44. The van der Waals surface area contributed by atoms with Crippen LogP contribution >= 0.6 is 0 Å². The number of hydrogen-bond donors (Lipinski definition) is 2. The molecule has 0 heterocycles. The first-order valence-corrected chi connectivity index (χ1v) is 6.04. The maximum Gasteiger partial charge on any atom is 0.317 e. The molecule has 1 rings (SSSR count). The lowest BCUT2D eigenvalue weighted by Crippen LogP contribution is -2.47. The van der Waals surface area contributed by atoms with Crippen molar-refractivity contribution in [1.29, 1.82) is 0 Å². The third-order valence-electron chi connectivity index (χ3n) is 2.28. The minimum absolute atomic E-state index is 0.159. The summed E-state index contributed by atoms with van der Waals surface area (Å²) in [6, 6.07) is 5.71. The molecular formula is C14H22N2O2. The van der Waals surface area contributed by atoms with Crippen LogP contribution in [0.25, 0.3) is 0 Å². The molecule has 0 aliphatic heterocycles. The molecule has 4 nitrogen and oxygen atoms in total. The molecule has 0 saturated carbocycles. The Bertz CT molecular complexity index is 422. The van der Waals surface area contributed by atoms with E-state index in [1.54, 1.807) is 0 Å². The fourth-order valence-electron chi connectivity index (χ4n) is 1.53. The van der Waals surface area contributed by atoms with E-state index in [2.05, 4.69) is 10.6 Å². The number of urea groups is 1. The average Bonchev–Trinajstić information content (AvgIpc) is 2.18. The van der Waals surface area contributed by atoms with Crippen molar-refractivity contribution in [2.45, 2.75) is 40.2 Å². The highest BCUT2D eigenvalue weighted by atomic mass is 16.5. The molecule has 0 bridgehead atoms. The van der Waals surface area contributed by atoms with Crippen molar-refractivity contribution in [3.8, 4) is 5.75 Å². The molecule has 0 spiro atoms. The van der Waals surface area contributed by atoms with Crippen LogP contribution in [0.3, 0.4) is 0 Å². The second-order valence-electron chi connectivity index (χ2n) is 5.44. The van der Waals surface area contributed by atoms with E-state index < -0.39 is 0 Å². The number of amides is 2. The zero-order valence-corrected chi connectivity index (χ0v) is 11.8. The van der Waals surface area contributed by atoms with Crippen LogP contribution < -0.4 is 15.4 Å².